The molecule has 2 N–H and O–H groups in total. The monoisotopic (exact) mass is 500 g/mol. The minimum atomic E-state index is 0. The van der Waals surface area contributed by atoms with Crippen molar-refractivity contribution in [2.45, 2.75) is 32.7 Å². The highest BCUT2D eigenvalue weighted by molar-refractivity contribution is 14.0. The number of hydrogen-bond donors (Lipinski definition) is 2. The van der Waals surface area contributed by atoms with Crippen LogP contribution in [0.5, 0.6) is 5.75 Å². The topological polar surface area (TPSA) is 87.8 Å². The molecular weight excluding hydrogens is 471 g/mol. The van der Waals surface area contributed by atoms with Crippen LogP contribution >= 0.6 is 24.0 Å². The highest BCUT2D eigenvalue weighted by Gasteiger charge is 2.25. The van der Waals surface area contributed by atoms with Crippen molar-refractivity contribution in [2.24, 2.45) is 4.99 Å². The van der Waals surface area contributed by atoms with Crippen LogP contribution in [0.4, 0.5) is 5.69 Å². The van der Waals surface area contributed by atoms with Crippen LogP contribution in [0.1, 0.15) is 25.1 Å². The first kappa shape index (κ1) is 22.3. The second-order valence-corrected chi connectivity index (χ2v) is 6.49. The largest absolute Gasteiger partial charge is 0.495 e. The summed E-state index contributed by atoms with van der Waals surface area (Å²) in [4.78, 5) is 11.2. The molecule has 1 saturated heterocycles. The van der Waals surface area contributed by atoms with Crippen LogP contribution in [-0.2, 0) is 6.42 Å². The molecule has 0 aliphatic carbocycles. The molecule has 0 spiro atoms. The van der Waals surface area contributed by atoms with E-state index < -0.39 is 0 Å². The molecule has 1 unspecified atom stereocenters. The van der Waals surface area contributed by atoms with Gasteiger partial charge in [0.1, 0.15) is 5.75 Å². The predicted molar refractivity (Wildman–Crippen MR) is 121 cm³/mol. The zero-order chi connectivity index (χ0) is 19.1. The summed E-state index contributed by atoms with van der Waals surface area (Å²) in [7, 11) is 1.71. The third kappa shape index (κ3) is 5.98. The number of benzene rings is 1. The average Bonchev–Trinajstić information content (AvgIpc) is 3.31. The first-order valence-corrected chi connectivity index (χ1v) is 9.41. The van der Waals surface area contributed by atoms with Crippen LogP contribution in [0.25, 0.3) is 0 Å². The molecule has 0 bridgehead atoms. The molecule has 3 rings (SSSR count). The van der Waals surface area contributed by atoms with E-state index in [0.717, 1.165) is 43.5 Å². The average molecular weight is 500 g/mol. The fourth-order valence-corrected chi connectivity index (χ4v) is 3.21. The number of methoxy groups -OCH3 is 1. The van der Waals surface area contributed by atoms with E-state index in [9.17, 15) is 0 Å². The summed E-state index contributed by atoms with van der Waals surface area (Å²) >= 11 is 0. The third-order valence-corrected chi connectivity index (χ3v) is 4.46. The van der Waals surface area contributed by atoms with Gasteiger partial charge >= 0.3 is 0 Å². The minimum absolute atomic E-state index is 0. The minimum Gasteiger partial charge on any atom is -0.495 e. The summed E-state index contributed by atoms with van der Waals surface area (Å²) in [6.45, 7) is 7.19. The van der Waals surface area contributed by atoms with Gasteiger partial charge in [-0.3, -0.25) is 4.99 Å². The molecule has 1 atom stereocenters. The van der Waals surface area contributed by atoms with Crippen LogP contribution in [-0.4, -0.2) is 55.4 Å². The Hall–Kier alpha value is -2.04. The van der Waals surface area contributed by atoms with E-state index in [1.54, 1.807) is 7.11 Å². The van der Waals surface area contributed by atoms with Gasteiger partial charge in [-0.15, -0.1) is 24.0 Å². The number of guanidine groups is 1. The van der Waals surface area contributed by atoms with E-state index in [4.69, 9.17) is 9.26 Å². The van der Waals surface area contributed by atoms with E-state index in [0.29, 0.717) is 30.7 Å². The molecule has 8 nitrogen and oxygen atoms in total. The number of aryl methyl sites for hydroxylation is 1. The summed E-state index contributed by atoms with van der Waals surface area (Å²) in [5.74, 6) is 3.01. The van der Waals surface area contributed by atoms with E-state index in [2.05, 4.69) is 43.7 Å². The Morgan fingerprint density at radius 2 is 2.21 bits per heavy atom. The molecule has 1 aliphatic rings. The maximum absolute atomic E-state index is 5.49. The van der Waals surface area contributed by atoms with Crippen molar-refractivity contribution in [3.05, 3.63) is 36.0 Å². The van der Waals surface area contributed by atoms with Crippen LogP contribution in [0.3, 0.4) is 0 Å². The number of ether oxygens (including phenoxy) is 1. The number of aromatic nitrogens is 2. The van der Waals surface area contributed by atoms with Gasteiger partial charge in [-0.1, -0.05) is 17.3 Å². The SMILES string of the molecule is CCNC(=NCCc1nc(C)no1)NC1CCN(c2ccccc2OC)C1.I. The Morgan fingerprint density at radius 3 is 2.93 bits per heavy atom. The Balaban J connectivity index is 0.00000280. The van der Waals surface area contributed by atoms with Crippen LogP contribution in [0, 0.1) is 6.92 Å². The lowest BCUT2D eigenvalue weighted by Gasteiger charge is -2.22. The zero-order valence-corrected chi connectivity index (χ0v) is 19.0. The lowest BCUT2D eigenvalue weighted by molar-refractivity contribution is 0.376. The van der Waals surface area contributed by atoms with Gasteiger partial charge in [-0.2, -0.15) is 4.98 Å². The third-order valence-electron chi connectivity index (χ3n) is 4.46. The summed E-state index contributed by atoms with van der Waals surface area (Å²) in [5.41, 5.74) is 1.14. The van der Waals surface area contributed by atoms with Crippen molar-refractivity contribution in [3.63, 3.8) is 0 Å². The Morgan fingerprint density at radius 1 is 1.39 bits per heavy atom. The molecule has 1 aromatic heterocycles. The number of aliphatic imine (C=N–C) groups is 1. The zero-order valence-electron chi connectivity index (χ0n) is 16.6. The molecule has 28 heavy (non-hydrogen) atoms. The first-order valence-electron chi connectivity index (χ1n) is 9.41. The maximum atomic E-state index is 5.49. The van der Waals surface area contributed by atoms with Gasteiger partial charge in [-0.25, -0.2) is 0 Å². The number of hydrogen-bond acceptors (Lipinski definition) is 6. The van der Waals surface area contributed by atoms with Crippen molar-refractivity contribution < 1.29 is 9.26 Å². The molecule has 0 saturated carbocycles. The fraction of sp³-hybridized carbons (Fsp3) is 0.526. The number of nitrogens with one attached hydrogen (secondary N) is 2. The van der Waals surface area contributed by atoms with Crippen LogP contribution < -0.4 is 20.3 Å². The molecule has 0 radical (unpaired) electrons. The number of para-hydroxylation sites is 2. The summed E-state index contributed by atoms with van der Waals surface area (Å²) in [6.07, 6.45) is 1.68. The molecule has 1 aliphatic heterocycles. The number of rotatable bonds is 7. The Kier molecular flexibility index (Phi) is 8.81. The van der Waals surface area contributed by atoms with Crippen molar-refractivity contribution in [2.75, 3.05) is 38.2 Å². The molecular formula is C19H29IN6O2. The van der Waals surface area contributed by atoms with Gasteiger partial charge in [0, 0.05) is 32.1 Å². The molecule has 1 aromatic carbocycles. The quantitative estimate of drug-likeness (QED) is 0.343. The summed E-state index contributed by atoms with van der Waals surface area (Å²) in [6, 6.07) is 8.48. The summed E-state index contributed by atoms with van der Waals surface area (Å²) < 4.78 is 10.6. The standard InChI is InChI=1S/C19H28N6O2.HI/c1-4-20-19(21-11-9-18-22-14(2)24-27-18)23-15-10-12-25(13-15)16-7-5-6-8-17(16)26-3;/h5-8,15H,4,9-13H2,1-3H3,(H2,20,21,23);1H. The second-order valence-electron chi connectivity index (χ2n) is 6.49. The molecule has 1 fully saturated rings. The molecule has 2 aromatic rings. The molecule has 154 valence electrons. The van der Waals surface area contributed by atoms with Crippen molar-refractivity contribution >= 4 is 35.6 Å². The molecule has 2 heterocycles. The van der Waals surface area contributed by atoms with E-state index in [1.807, 2.05) is 25.1 Å². The highest BCUT2D eigenvalue weighted by Crippen LogP contribution is 2.30. The maximum Gasteiger partial charge on any atom is 0.228 e. The number of nitrogens with zero attached hydrogens (tertiary/aromatic N) is 4. The van der Waals surface area contributed by atoms with Gasteiger partial charge in [0.2, 0.25) is 5.89 Å². The highest BCUT2D eigenvalue weighted by atomic mass is 127. The molecule has 0 amide bonds. The lowest BCUT2D eigenvalue weighted by atomic mass is 10.2. The fourth-order valence-electron chi connectivity index (χ4n) is 3.21. The van der Waals surface area contributed by atoms with Crippen molar-refractivity contribution in [1.82, 2.24) is 20.8 Å². The van der Waals surface area contributed by atoms with Gasteiger partial charge in [0.15, 0.2) is 11.8 Å². The normalized spacial score (nSPS) is 16.6. The lowest BCUT2D eigenvalue weighted by Crippen LogP contribution is -2.44. The van der Waals surface area contributed by atoms with Gasteiger partial charge in [0.05, 0.1) is 19.3 Å². The van der Waals surface area contributed by atoms with Crippen LogP contribution in [0.2, 0.25) is 0 Å². The summed E-state index contributed by atoms with van der Waals surface area (Å²) in [5, 5.41) is 10.6. The van der Waals surface area contributed by atoms with Crippen LogP contribution in [0.15, 0.2) is 33.8 Å². The second kappa shape index (κ2) is 11.1. The predicted octanol–water partition coefficient (Wildman–Crippen LogP) is 2.38. The van der Waals surface area contributed by atoms with Crippen molar-refractivity contribution in [1.29, 1.82) is 0 Å². The Bertz CT molecular complexity index is 766. The smallest absolute Gasteiger partial charge is 0.228 e. The van der Waals surface area contributed by atoms with Gasteiger partial charge in [-0.05, 0) is 32.4 Å². The number of anilines is 1. The van der Waals surface area contributed by atoms with Crippen molar-refractivity contribution in [3.8, 4) is 5.75 Å². The van der Waals surface area contributed by atoms with E-state index >= 15 is 0 Å². The Labute approximate surface area is 183 Å². The van der Waals surface area contributed by atoms with Gasteiger partial charge in [0.25, 0.3) is 0 Å². The van der Waals surface area contributed by atoms with E-state index in [-0.39, 0.29) is 24.0 Å². The first-order chi connectivity index (χ1) is 13.2. The van der Waals surface area contributed by atoms with Gasteiger partial charge < -0.3 is 24.8 Å². The number of halogens is 1. The van der Waals surface area contributed by atoms with E-state index in [1.165, 1.54) is 0 Å². The molecule has 9 heteroatoms.